The van der Waals surface area contributed by atoms with Crippen molar-refractivity contribution >= 4 is 23.3 Å². The molecule has 0 aromatic heterocycles. The highest BCUT2D eigenvalue weighted by Crippen LogP contribution is 2.16. The van der Waals surface area contributed by atoms with E-state index in [1.54, 1.807) is 26.0 Å². The molecule has 1 aromatic rings. The summed E-state index contributed by atoms with van der Waals surface area (Å²) in [4.78, 5) is 24.8. The number of nitrogens with two attached hydrogens (primary N) is 1. The summed E-state index contributed by atoms with van der Waals surface area (Å²) in [6.45, 7) is 11.6. The Morgan fingerprint density at radius 3 is 1.75 bits per heavy atom. The first kappa shape index (κ1) is 19.3. The molecule has 1 rings (SSSR count). The number of hydrogen-bond donors (Lipinski definition) is 1. The highest BCUT2D eigenvalue weighted by atomic mass is 16.5. The van der Waals surface area contributed by atoms with E-state index in [2.05, 4.69) is 13.2 Å². The minimum absolute atomic E-state index is 0.199. The summed E-state index contributed by atoms with van der Waals surface area (Å²) < 4.78 is 10.2. The van der Waals surface area contributed by atoms with Crippen molar-refractivity contribution in [3.05, 3.63) is 48.6 Å². The lowest BCUT2D eigenvalue weighted by Gasteiger charge is -2.24. The van der Waals surface area contributed by atoms with Gasteiger partial charge in [0.15, 0.2) is 0 Å². The second kappa shape index (κ2) is 9.39. The molecule has 0 saturated carbocycles. The largest absolute Gasteiger partial charge is 0.460 e. The Morgan fingerprint density at radius 2 is 1.38 bits per heavy atom. The molecule has 6 heteroatoms. The normalized spacial score (nSPS) is 9.92. The van der Waals surface area contributed by atoms with Crippen LogP contribution in [0.3, 0.4) is 0 Å². The molecule has 6 nitrogen and oxygen atoms in total. The van der Waals surface area contributed by atoms with Gasteiger partial charge in [-0.2, -0.15) is 0 Å². The average molecular weight is 332 g/mol. The number of ether oxygens (including phenoxy) is 2. The van der Waals surface area contributed by atoms with Gasteiger partial charge in [-0.3, -0.25) is 0 Å². The number of nitrogen functional groups attached to an aromatic ring is 1. The molecule has 0 bridgehead atoms. The van der Waals surface area contributed by atoms with Crippen LogP contribution in [0, 0.1) is 0 Å². The second-order valence-corrected chi connectivity index (χ2v) is 5.41. The second-order valence-electron chi connectivity index (χ2n) is 5.41. The monoisotopic (exact) mass is 332 g/mol. The standard InChI is InChI=1S/C18H24N2O4/c1-13(2)17(21)23-11-9-20(10-12-24-18(22)14(3)4)16-7-5-15(19)6-8-16/h5-8H,1,3,9-12,19H2,2,4H3. The minimum atomic E-state index is -0.430. The Hall–Kier alpha value is -2.76. The molecule has 0 unspecified atom stereocenters. The Labute approximate surface area is 142 Å². The Morgan fingerprint density at radius 1 is 0.958 bits per heavy atom. The van der Waals surface area contributed by atoms with E-state index >= 15 is 0 Å². The number of carbonyl (C=O) groups is 2. The fraction of sp³-hybridized carbons (Fsp3) is 0.333. The molecule has 130 valence electrons. The van der Waals surface area contributed by atoms with Crippen molar-refractivity contribution in [2.24, 2.45) is 0 Å². The van der Waals surface area contributed by atoms with Crippen molar-refractivity contribution in [1.29, 1.82) is 0 Å². The number of anilines is 2. The summed E-state index contributed by atoms with van der Waals surface area (Å²) >= 11 is 0. The SMILES string of the molecule is C=C(C)C(=O)OCCN(CCOC(=O)C(=C)C)c1ccc(N)cc1. The lowest BCUT2D eigenvalue weighted by molar-refractivity contribution is -0.139. The summed E-state index contributed by atoms with van der Waals surface area (Å²) in [6.07, 6.45) is 0. The molecular formula is C18H24N2O4. The molecule has 0 saturated heterocycles. The van der Waals surface area contributed by atoms with Gasteiger partial charge in [-0.15, -0.1) is 0 Å². The number of hydrogen-bond acceptors (Lipinski definition) is 6. The van der Waals surface area contributed by atoms with Gasteiger partial charge in [-0.05, 0) is 38.1 Å². The van der Waals surface area contributed by atoms with Gasteiger partial charge in [-0.1, -0.05) is 13.2 Å². The Balaban J connectivity index is 2.63. The first-order chi connectivity index (χ1) is 11.3. The predicted octanol–water partition coefficient (Wildman–Crippen LogP) is 2.31. The van der Waals surface area contributed by atoms with Crippen LogP contribution >= 0.6 is 0 Å². The molecule has 0 heterocycles. The Kier molecular flexibility index (Phi) is 7.55. The van der Waals surface area contributed by atoms with E-state index in [1.807, 2.05) is 17.0 Å². The maximum absolute atomic E-state index is 11.4. The lowest BCUT2D eigenvalue weighted by Crippen LogP contribution is -2.32. The number of carbonyl (C=O) groups excluding carboxylic acids is 2. The third kappa shape index (κ3) is 6.56. The summed E-state index contributed by atoms with van der Waals surface area (Å²) in [5.41, 5.74) is 7.94. The smallest absolute Gasteiger partial charge is 0.333 e. The quantitative estimate of drug-likeness (QED) is 0.424. The van der Waals surface area contributed by atoms with Crippen molar-refractivity contribution in [3.8, 4) is 0 Å². The highest BCUT2D eigenvalue weighted by Gasteiger charge is 2.11. The van der Waals surface area contributed by atoms with Crippen molar-refractivity contribution in [1.82, 2.24) is 0 Å². The molecule has 0 spiro atoms. The van der Waals surface area contributed by atoms with Gasteiger partial charge in [0.1, 0.15) is 13.2 Å². The van der Waals surface area contributed by atoms with Crippen LogP contribution in [0.5, 0.6) is 0 Å². The van der Waals surface area contributed by atoms with Crippen molar-refractivity contribution < 1.29 is 19.1 Å². The van der Waals surface area contributed by atoms with Crippen molar-refractivity contribution in [3.63, 3.8) is 0 Å². The van der Waals surface area contributed by atoms with Gasteiger partial charge in [0.2, 0.25) is 0 Å². The van der Waals surface area contributed by atoms with E-state index in [0.717, 1.165) is 5.69 Å². The zero-order chi connectivity index (χ0) is 18.1. The zero-order valence-electron chi connectivity index (χ0n) is 14.2. The fourth-order valence-corrected chi connectivity index (χ4v) is 1.80. The Bertz CT molecular complexity index is 576. The van der Waals surface area contributed by atoms with Crippen molar-refractivity contribution in [2.75, 3.05) is 36.9 Å². The fourth-order valence-electron chi connectivity index (χ4n) is 1.80. The average Bonchev–Trinajstić information content (AvgIpc) is 2.53. The van der Waals surface area contributed by atoms with E-state index in [9.17, 15) is 9.59 Å². The van der Waals surface area contributed by atoms with Crippen molar-refractivity contribution in [2.45, 2.75) is 13.8 Å². The van der Waals surface area contributed by atoms with Crippen LogP contribution in [-0.4, -0.2) is 38.2 Å². The predicted molar refractivity (Wildman–Crippen MR) is 94.6 cm³/mol. The molecular weight excluding hydrogens is 308 g/mol. The summed E-state index contributed by atoms with van der Waals surface area (Å²) in [5, 5.41) is 0. The topological polar surface area (TPSA) is 81.9 Å². The van der Waals surface area contributed by atoms with Gasteiger partial charge < -0.3 is 20.1 Å². The van der Waals surface area contributed by atoms with Crippen LogP contribution in [0.2, 0.25) is 0 Å². The maximum Gasteiger partial charge on any atom is 0.333 e. The van der Waals surface area contributed by atoms with Gasteiger partial charge in [0.05, 0.1) is 13.1 Å². The van der Waals surface area contributed by atoms with Gasteiger partial charge in [0.25, 0.3) is 0 Å². The molecule has 0 aliphatic carbocycles. The van der Waals surface area contributed by atoms with E-state index in [-0.39, 0.29) is 13.2 Å². The van der Waals surface area contributed by atoms with E-state index in [4.69, 9.17) is 15.2 Å². The van der Waals surface area contributed by atoms with E-state index < -0.39 is 11.9 Å². The summed E-state index contributed by atoms with van der Waals surface area (Å²) in [7, 11) is 0. The minimum Gasteiger partial charge on any atom is -0.460 e. The van der Waals surface area contributed by atoms with E-state index in [1.165, 1.54) is 0 Å². The third-order valence-corrected chi connectivity index (χ3v) is 3.14. The highest BCUT2D eigenvalue weighted by molar-refractivity contribution is 5.87. The van der Waals surface area contributed by atoms with Crippen LogP contribution in [0.1, 0.15) is 13.8 Å². The molecule has 0 atom stereocenters. The van der Waals surface area contributed by atoms with Gasteiger partial charge in [0, 0.05) is 22.5 Å². The number of rotatable bonds is 9. The van der Waals surface area contributed by atoms with Crippen LogP contribution in [0.25, 0.3) is 0 Å². The van der Waals surface area contributed by atoms with Crippen LogP contribution in [0.4, 0.5) is 11.4 Å². The van der Waals surface area contributed by atoms with E-state index in [0.29, 0.717) is 29.9 Å². The first-order valence-electron chi connectivity index (χ1n) is 7.57. The lowest BCUT2D eigenvalue weighted by atomic mass is 10.2. The third-order valence-electron chi connectivity index (χ3n) is 3.14. The molecule has 0 amide bonds. The van der Waals surface area contributed by atoms with Gasteiger partial charge in [-0.25, -0.2) is 9.59 Å². The van der Waals surface area contributed by atoms with Crippen LogP contribution in [-0.2, 0) is 19.1 Å². The molecule has 0 radical (unpaired) electrons. The summed E-state index contributed by atoms with van der Waals surface area (Å²) in [6, 6.07) is 7.28. The number of benzene rings is 1. The van der Waals surface area contributed by atoms with Gasteiger partial charge >= 0.3 is 11.9 Å². The number of esters is 2. The molecule has 24 heavy (non-hydrogen) atoms. The maximum atomic E-state index is 11.4. The van der Waals surface area contributed by atoms with Crippen LogP contribution in [0.15, 0.2) is 48.6 Å². The molecule has 0 fully saturated rings. The number of nitrogens with zero attached hydrogens (tertiary/aromatic N) is 1. The zero-order valence-corrected chi connectivity index (χ0v) is 14.2. The molecule has 0 aliphatic rings. The first-order valence-corrected chi connectivity index (χ1v) is 7.57. The molecule has 0 aliphatic heterocycles. The van der Waals surface area contributed by atoms with Crippen LogP contribution < -0.4 is 10.6 Å². The molecule has 2 N–H and O–H groups in total. The summed E-state index contributed by atoms with van der Waals surface area (Å²) in [5.74, 6) is -0.859. The molecule has 1 aromatic carbocycles.